The minimum absolute atomic E-state index is 0.0000540. The molecule has 1 aromatic rings. The Bertz CT molecular complexity index is 3080. The number of phenols is 1. The van der Waals surface area contributed by atoms with E-state index in [-0.39, 0.29) is 115 Å². The SMILES string of the molecule is CCCC[C@H](NC(=O)[C@H](CCCN=C(N)N)NC(=O)[C@H](CCC(N)=O)NC(=O)[C@H](CS)NC(=O)[C@H](CCCCN)NC(=O)[C@@H](CCN)NC(=O)[C@@H](NC(=O)[C@H](CCN)NC(=O)[C@H](CCCN=C(N)N)NC(=O)[C@H](CC(N)=O)NC(=O)[C@@H](NC(=O)[C@@H](N)Cc1ccc(O)cc1)C(C)(C)S)[C@@H](C)O)C(=O)O. The number of aromatic hydroxyl groups is 1. The summed E-state index contributed by atoms with van der Waals surface area (Å²) < 4.78 is -1.36. The number of benzene rings is 1. The van der Waals surface area contributed by atoms with Crippen molar-refractivity contribution < 1.29 is 82.4 Å². The maximum Gasteiger partial charge on any atom is 0.326 e. The van der Waals surface area contributed by atoms with Gasteiger partial charge in [0.2, 0.25) is 76.8 Å². The summed E-state index contributed by atoms with van der Waals surface area (Å²) in [6, 6.07) is -12.9. The number of unbranched alkanes of at least 4 members (excludes halogenated alkanes) is 2. The molecule has 13 atom stereocenters. The number of nitrogens with zero attached hydrogens (tertiary/aromatic N) is 2. The van der Waals surface area contributed by atoms with Gasteiger partial charge in [0.25, 0.3) is 0 Å². The molecule has 0 fully saturated rings. The normalized spacial score (nSPS) is 14.9. The first-order chi connectivity index (χ1) is 48.8. The summed E-state index contributed by atoms with van der Waals surface area (Å²) in [5.74, 6) is -15.7. The predicted octanol–water partition coefficient (Wildman–Crippen LogP) is -9.04. The first kappa shape index (κ1) is 92.7. The number of hydrogen-bond donors (Lipinski definition) is 26. The van der Waals surface area contributed by atoms with Gasteiger partial charge in [-0.25, -0.2) is 4.79 Å². The quantitative estimate of drug-likeness (QED) is 0.0125. The summed E-state index contributed by atoms with van der Waals surface area (Å²) in [5.41, 5.74) is 57.0. The van der Waals surface area contributed by atoms with Gasteiger partial charge in [-0.15, -0.1) is 0 Å². The molecule has 104 heavy (non-hydrogen) atoms. The largest absolute Gasteiger partial charge is 0.508 e. The van der Waals surface area contributed by atoms with Crippen LogP contribution in [0.4, 0.5) is 0 Å². The number of aliphatic carboxylic acids is 1. The number of aliphatic imine (C=N–C) groups is 2. The van der Waals surface area contributed by atoms with Crippen molar-refractivity contribution in [2.24, 2.45) is 67.3 Å². The number of guanidine groups is 2. The molecule has 0 unspecified atom stereocenters. The number of thiol groups is 2. The molecule has 0 saturated heterocycles. The van der Waals surface area contributed by atoms with Crippen molar-refractivity contribution in [3.63, 3.8) is 0 Å². The molecular formula is C62H109N23O17S2. The maximum absolute atomic E-state index is 14.3. The Morgan fingerprint density at radius 2 is 0.856 bits per heavy atom. The molecule has 42 heteroatoms. The van der Waals surface area contributed by atoms with E-state index in [4.69, 9.17) is 57.3 Å². The number of primary amides is 2. The molecule has 0 aliphatic carbocycles. The highest BCUT2D eigenvalue weighted by Gasteiger charge is 2.40. The number of nitrogens with two attached hydrogens (primary N) is 10. The van der Waals surface area contributed by atoms with Crippen molar-refractivity contribution in [2.45, 2.75) is 214 Å². The van der Waals surface area contributed by atoms with Gasteiger partial charge in [-0.1, -0.05) is 31.9 Å². The number of carboxylic acids is 1. The van der Waals surface area contributed by atoms with E-state index in [1.165, 1.54) is 38.1 Å². The Labute approximate surface area is 613 Å². The van der Waals surface area contributed by atoms with Gasteiger partial charge < -0.3 is 131 Å². The van der Waals surface area contributed by atoms with Crippen LogP contribution in [0.5, 0.6) is 5.75 Å². The highest BCUT2D eigenvalue weighted by atomic mass is 32.1. The van der Waals surface area contributed by atoms with Gasteiger partial charge in [0.05, 0.1) is 18.6 Å². The molecule has 0 spiro atoms. The van der Waals surface area contributed by atoms with Crippen LogP contribution in [0.15, 0.2) is 34.3 Å². The van der Waals surface area contributed by atoms with Crippen LogP contribution in [-0.2, 0) is 73.5 Å². The van der Waals surface area contributed by atoms with Gasteiger partial charge in [-0.2, -0.15) is 25.3 Å². The van der Waals surface area contributed by atoms with Crippen LogP contribution in [0, 0.1) is 0 Å². The monoisotopic (exact) mass is 1510 g/mol. The second-order valence-corrected chi connectivity index (χ2v) is 26.5. The number of phenolic OH excluding ortho intramolecular Hbond substituents is 1. The third-order valence-electron chi connectivity index (χ3n) is 15.6. The summed E-state index contributed by atoms with van der Waals surface area (Å²) in [6.07, 6.45) is -3.00. The zero-order valence-corrected chi connectivity index (χ0v) is 60.8. The van der Waals surface area contributed by atoms with Crippen molar-refractivity contribution in [3.05, 3.63) is 29.8 Å². The second-order valence-electron chi connectivity index (χ2n) is 25.0. The highest BCUT2D eigenvalue weighted by molar-refractivity contribution is 7.81. The van der Waals surface area contributed by atoms with Gasteiger partial charge >= 0.3 is 5.97 Å². The minimum atomic E-state index is -1.90. The van der Waals surface area contributed by atoms with E-state index in [9.17, 15) is 82.4 Å². The Morgan fingerprint density at radius 3 is 1.25 bits per heavy atom. The molecule has 0 aliphatic heterocycles. The Kier molecular flexibility index (Phi) is 43.3. The topological polar surface area (TPSA) is 717 Å². The molecule has 586 valence electrons. The van der Waals surface area contributed by atoms with Crippen LogP contribution in [-0.4, -0.2) is 232 Å². The van der Waals surface area contributed by atoms with Gasteiger partial charge in [0.1, 0.15) is 72.2 Å². The van der Waals surface area contributed by atoms with Gasteiger partial charge in [-0.3, -0.25) is 72.3 Å². The van der Waals surface area contributed by atoms with Gasteiger partial charge in [-0.05, 0) is 135 Å². The smallest absolute Gasteiger partial charge is 0.326 e. The average molecular weight is 1510 g/mol. The van der Waals surface area contributed by atoms with Gasteiger partial charge in [0.15, 0.2) is 11.9 Å². The van der Waals surface area contributed by atoms with Crippen LogP contribution in [0.2, 0.25) is 0 Å². The van der Waals surface area contributed by atoms with E-state index in [2.05, 4.69) is 93.7 Å². The van der Waals surface area contributed by atoms with Crippen molar-refractivity contribution in [3.8, 4) is 5.75 Å². The summed E-state index contributed by atoms with van der Waals surface area (Å²) in [5, 5.41) is 57.2. The third-order valence-corrected chi connectivity index (χ3v) is 16.2. The second kappa shape index (κ2) is 48.6. The minimum Gasteiger partial charge on any atom is -0.508 e. The fourth-order valence-corrected chi connectivity index (χ4v) is 10.3. The van der Waals surface area contributed by atoms with E-state index in [0.717, 1.165) is 6.92 Å². The standard InChI is InChI=1S/C62H109N23O17S2/c1-5-6-11-41(59(101)102)81-50(92)37(14-10-27-74-61(71)72)76-52(94)38(19-20-44(67)88)78-56(98)43(30-103)83-51(93)35(12-7-8-23-63)75-53(95)39(21-24-64)80-57(99)46(31(2)86)84-54(96)40(22-25-65)79-49(91)36(13-9-26-73-60(69)70)77-55(97)42(29-45(68)89)82-58(100)47(62(3,4)104)85-48(90)34(66)28-32-15-17-33(87)18-16-32/h15-18,31,34-43,46-47,86-87,103-104H,5-14,19-30,63-66H2,1-4H3,(H2,67,88)(H2,68,89)(H,75,95)(H,76,94)(H,77,97)(H,78,98)(H,79,91)(H,80,99)(H,81,92)(H,82,100)(H,83,93)(H,84,96)(H,85,90)(H,101,102)(H4,69,70,73)(H4,71,72,74)/t31-,34+,35+,36+,37+,38+,39-,40+,41+,42+,43+,46+,47-/m1/s1. The number of carbonyl (C=O) groups is 14. The summed E-state index contributed by atoms with van der Waals surface area (Å²) >= 11 is 8.72. The van der Waals surface area contributed by atoms with Crippen molar-refractivity contribution >= 4 is 120 Å². The number of hydrogen-bond acceptors (Lipinski definition) is 24. The van der Waals surface area contributed by atoms with Crippen molar-refractivity contribution in [2.75, 3.05) is 38.5 Å². The van der Waals surface area contributed by atoms with Crippen LogP contribution in [0.3, 0.4) is 0 Å². The summed E-state index contributed by atoms with van der Waals surface area (Å²) in [7, 11) is 0. The number of carboxylic acid groups (broad SMARTS) is 1. The first-order valence-electron chi connectivity index (χ1n) is 33.7. The fourth-order valence-electron chi connectivity index (χ4n) is 9.88. The molecule has 40 nitrogen and oxygen atoms in total. The Hall–Kier alpha value is -9.36. The molecule has 1 rings (SSSR count). The van der Waals surface area contributed by atoms with Crippen molar-refractivity contribution in [1.82, 2.24) is 58.5 Å². The van der Waals surface area contributed by atoms with E-state index in [1.54, 1.807) is 0 Å². The Morgan fingerprint density at radius 1 is 0.471 bits per heavy atom. The van der Waals surface area contributed by atoms with E-state index >= 15 is 0 Å². The highest BCUT2D eigenvalue weighted by Crippen LogP contribution is 2.20. The number of aliphatic hydroxyl groups excluding tert-OH is 1. The zero-order valence-electron chi connectivity index (χ0n) is 59.0. The third kappa shape index (κ3) is 36.2. The molecule has 0 aromatic heterocycles. The number of carbonyl (C=O) groups excluding carboxylic acids is 13. The van der Waals surface area contributed by atoms with Crippen molar-refractivity contribution in [1.29, 1.82) is 0 Å². The lowest BCUT2D eigenvalue weighted by atomic mass is 9.99. The molecule has 34 N–H and O–H groups in total. The lowest BCUT2D eigenvalue weighted by Crippen LogP contribution is -2.63. The first-order valence-corrected chi connectivity index (χ1v) is 34.8. The van der Waals surface area contributed by atoms with Crippen LogP contribution < -0.4 is 116 Å². The summed E-state index contributed by atoms with van der Waals surface area (Å²) in [4.78, 5) is 198. The molecule has 0 saturated carbocycles. The lowest BCUT2D eigenvalue weighted by molar-refractivity contribution is -0.142. The molecule has 0 heterocycles. The molecule has 13 amide bonds. The van der Waals surface area contributed by atoms with Crippen LogP contribution in [0.1, 0.15) is 130 Å². The van der Waals surface area contributed by atoms with E-state index in [0.29, 0.717) is 24.8 Å². The van der Waals surface area contributed by atoms with E-state index < -0.39 is 191 Å². The summed E-state index contributed by atoms with van der Waals surface area (Å²) in [6.45, 7) is 5.32. The molecule has 0 aliphatic rings. The van der Waals surface area contributed by atoms with Crippen LogP contribution in [0.25, 0.3) is 0 Å². The zero-order chi connectivity index (χ0) is 79.0. The van der Waals surface area contributed by atoms with Gasteiger partial charge in [0, 0.05) is 30.0 Å². The number of nitrogens with one attached hydrogen (secondary N) is 11. The lowest BCUT2D eigenvalue weighted by Gasteiger charge is -2.32. The maximum atomic E-state index is 14.3. The predicted molar refractivity (Wildman–Crippen MR) is 389 cm³/mol. The fraction of sp³-hybridized carbons (Fsp3) is 0.645. The van der Waals surface area contributed by atoms with Crippen LogP contribution >= 0.6 is 25.3 Å². The molecule has 0 radical (unpaired) electrons. The molecule has 1 aromatic carbocycles. The molecular weight excluding hydrogens is 1400 g/mol. The number of aliphatic hydroxyl groups is 1. The molecule has 0 bridgehead atoms. The number of rotatable bonds is 52. The Balaban J connectivity index is 3.55. The van der Waals surface area contributed by atoms with E-state index in [1.807, 2.05) is 6.92 Å². The number of amides is 13. The average Bonchev–Trinajstić information content (AvgIpc) is 0.839.